The van der Waals surface area contributed by atoms with Gasteiger partial charge in [-0.1, -0.05) is 36.4 Å². The average Bonchev–Trinajstić information content (AvgIpc) is 3.24. The Morgan fingerprint density at radius 2 is 1.59 bits per heavy atom. The first-order valence-electron chi connectivity index (χ1n) is 13.0. The van der Waals surface area contributed by atoms with Crippen LogP contribution in [0.4, 0.5) is 21.9 Å². The number of carbonyl (C=O) groups is 3. The molecule has 1 heterocycles. The normalized spacial score (nSPS) is 14.6. The molecule has 1 aliphatic heterocycles. The van der Waals surface area contributed by atoms with E-state index in [4.69, 9.17) is 9.73 Å². The number of nitro groups is 1. The van der Waals surface area contributed by atoms with Gasteiger partial charge in [0, 0.05) is 43.4 Å². The number of anilines is 1. The monoisotopic (exact) mass is 557 g/mol. The number of ether oxygens (including phenoxy) is 1. The molecule has 0 saturated carbocycles. The van der Waals surface area contributed by atoms with Gasteiger partial charge >= 0.3 is 6.09 Å². The Morgan fingerprint density at radius 1 is 0.976 bits per heavy atom. The highest BCUT2D eigenvalue weighted by atomic mass is 16.6. The molecule has 3 amide bonds. The minimum Gasteiger partial charge on any atom is -0.444 e. The lowest BCUT2D eigenvalue weighted by molar-refractivity contribution is -0.384. The van der Waals surface area contributed by atoms with Crippen molar-refractivity contribution in [1.29, 1.82) is 0 Å². The van der Waals surface area contributed by atoms with Gasteiger partial charge in [-0.2, -0.15) is 0 Å². The number of carbonyl (C=O) groups excluding carboxylic acids is 3. The summed E-state index contributed by atoms with van der Waals surface area (Å²) in [6.07, 6.45) is -0.524. The van der Waals surface area contributed by atoms with Crippen LogP contribution < -0.4 is 16.0 Å². The molecule has 3 N–H and O–H groups in total. The largest absolute Gasteiger partial charge is 0.444 e. The molecule has 0 radical (unpaired) electrons. The average molecular weight is 558 g/mol. The van der Waals surface area contributed by atoms with Gasteiger partial charge < -0.3 is 20.7 Å². The molecule has 0 spiro atoms. The fraction of sp³-hybridized carbons (Fsp3) is 0.267. The Hall–Kier alpha value is -5.06. The first-order chi connectivity index (χ1) is 19.4. The zero-order chi connectivity index (χ0) is 29.7. The molecule has 0 fully saturated rings. The van der Waals surface area contributed by atoms with Crippen LogP contribution in [0.1, 0.15) is 55.9 Å². The van der Waals surface area contributed by atoms with Crippen LogP contribution >= 0.6 is 0 Å². The lowest BCUT2D eigenvalue weighted by Crippen LogP contribution is -2.32. The van der Waals surface area contributed by atoms with Gasteiger partial charge in [-0.3, -0.25) is 24.7 Å². The number of alkyl carbamates (subject to hydrolysis) is 1. The quantitative estimate of drug-likeness (QED) is 0.199. The van der Waals surface area contributed by atoms with E-state index in [1.54, 1.807) is 57.2 Å². The summed E-state index contributed by atoms with van der Waals surface area (Å²) in [7, 11) is 0. The zero-order valence-electron chi connectivity index (χ0n) is 23.2. The van der Waals surface area contributed by atoms with E-state index in [-0.39, 0.29) is 24.0 Å². The second kappa shape index (κ2) is 12.0. The van der Waals surface area contributed by atoms with E-state index in [0.29, 0.717) is 34.8 Å². The van der Waals surface area contributed by atoms with E-state index in [1.165, 1.54) is 25.1 Å². The number of non-ortho nitro benzene ring substituents is 1. The third kappa shape index (κ3) is 7.53. The van der Waals surface area contributed by atoms with E-state index >= 15 is 0 Å². The summed E-state index contributed by atoms with van der Waals surface area (Å²) in [6.45, 7) is 7.40. The molecule has 0 bridgehead atoms. The van der Waals surface area contributed by atoms with Crippen LogP contribution in [0.15, 0.2) is 71.7 Å². The van der Waals surface area contributed by atoms with Crippen LogP contribution in [0.25, 0.3) is 0 Å². The number of aliphatic imine (C=N–C) groups is 1. The van der Waals surface area contributed by atoms with Gasteiger partial charge in [0.05, 0.1) is 16.3 Å². The van der Waals surface area contributed by atoms with Gasteiger partial charge in [-0.05, 0) is 55.7 Å². The molecule has 1 unspecified atom stereocenters. The van der Waals surface area contributed by atoms with E-state index in [2.05, 4.69) is 16.0 Å². The standard InChI is InChI=1S/C30H31N5O6/c1-18(36)31-16-19-5-9-21(10-6-19)27(26-24-15-23(35(39)40)13-14-25(24)34-28(26)37)33-22-11-7-20(8-12-22)17-32-29(38)41-30(2,3)4/h5-15,26H,16-17H2,1-4H3,(H,31,36)(H,32,38)(H,34,37). The fourth-order valence-electron chi connectivity index (χ4n) is 4.27. The Labute approximate surface area is 237 Å². The Morgan fingerprint density at radius 3 is 2.17 bits per heavy atom. The highest BCUT2D eigenvalue weighted by molar-refractivity contribution is 6.24. The van der Waals surface area contributed by atoms with E-state index in [9.17, 15) is 24.5 Å². The third-order valence-corrected chi connectivity index (χ3v) is 6.16. The van der Waals surface area contributed by atoms with Crippen molar-refractivity contribution >= 4 is 40.7 Å². The molecule has 11 heteroatoms. The topological polar surface area (TPSA) is 152 Å². The first-order valence-corrected chi connectivity index (χ1v) is 13.0. The van der Waals surface area contributed by atoms with Crippen molar-refractivity contribution in [1.82, 2.24) is 10.6 Å². The number of nitro benzene ring substituents is 1. The number of amides is 3. The SMILES string of the molecule is CC(=O)NCc1ccc(C(=Nc2ccc(CNC(=O)OC(C)(C)C)cc2)C2C(=O)Nc3ccc([N+](=O)[O-])cc32)cc1. The fourth-order valence-corrected chi connectivity index (χ4v) is 4.27. The predicted molar refractivity (Wildman–Crippen MR) is 154 cm³/mol. The molecule has 0 saturated heterocycles. The number of fused-ring (bicyclic) bond motifs is 1. The van der Waals surface area contributed by atoms with Crippen LogP contribution in [-0.2, 0) is 27.4 Å². The highest BCUT2D eigenvalue weighted by Crippen LogP contribution is 2.38. The Kier molecular flexibility index (Phi) is 8.46. The van der Waals surface area contributed by atoms with Crippen molar-refractivity contribution in [3.05, 3.63) is 99.1 Å². The molecular formula is C30H31N5O6. The molecule has 41 heavy (non-hydrogen) atoms. The molecule has 1 atom stereocenters. The van der Waals surface area contributed by atoms with Crippen molar-refractivity contribution in [2.45, 2.75) is 52.3 Å². The maximum absolute atomic E-state index is 13.2. The minimum atomic E-state index is -0.889. The molecule has 3 aromatic rings. The Bertz CT molecular complexity index is 1510. The summed E-state index contributed by atoms with van der Waals surface area (Å²) in [4.78, 5) is 52.3. The van der Waals surface area contributed by atoms with Crippen molar-refractivity contribution < 1.29 is 24.0 Å². The van der Waals surface area contributed by atoms with E-state index < -0.39 is 22.5 Å². The number of nitrogens with one attached hydrogen (secondary N) is 3. The zero-order valence-corrected chi connectivity index (χ0v) is 23.2. The van der Waals surface area contributed by atoms with Crippen LogP contribution in [-0.4, -0.2) is 34.1 Å². The van der Waals surface area contributed by atoms with Gasteiger partial charge in [0.2, 0.25) is 11.8 Å². The summed E-state index contributed by atoms with van der Waals surface area (Å²) >= 11 is 0. The summed E-state index contributed by atoms with van der Waals surface area (Å²) in [5.41, 5.74) is 3.50. The number of rotatable bonds is 8. The third-order valence-electron chi connectivity index (χ3n) is 6.16. The summed E-state index contributed by atoms with van der Waals surface area (Å²) in [5, 5.41) is 19.7. The minimum absolute atomic E-state index is 0.128. The van der Waals surface area contributed by atoms with Crippen molar-refractivity contribution in [3.63, 3.8) is 0 Å². The smallest absolute Gasteiger partial charge is 0.407 e. The summed E-state index contributed by atoms with van der Waals surface area (Å²) in [6, 6.07) is 18.7. The maximum atomic E-state index is 13.2. The van der Waals surface area contributed by atoms with Crippen LogP contribution in [0.5, 0.6) is 0 Å². The Balaban J connectivity index is 1.67. The molecular weight excluding hydrogens is 526 g/mol. The second-order valence-corrected chi connectivity index (χ2v) is 10.6. The lowest BCUT2D eigenvalue weighted by Gasteiger charge is -2.19. The van der Waals surface area contributed by atoms with Gasteiger partial charge in [0.25, 0.3) is 5.69 Å². The van der Waals surface area contributed by atoms with Gasteiger partial charge in [-0.15, -0.1) is 0 Å². The number of benzene rings is 3. The maximum Gasteiger partial charge on any atom is 0.407 e. The summed E-state index contributed by atoms with van der Waals surface area (Å²) < 4.78 is 5.27. The van der Waals surface area contributed by atoms with E-state index in [0.717, 1.165) is 11.1 Å². The molecule has 1 aliphatic rings. The van der Waals surface area contributed by atoms with Crippen LogP contribution in [0, 0.1) is 10.1 Å². The van der Waals surface area contributed by atoms with Crippen molar-refractivity contribution in [2.24, 2.45) is 4.99 Å². The number of nitrogens with zero attached hydrogens (tertiary/aromatic N) is 2. The number of hydrogen-bond donors (Lipinski definition) is 3. The molecule has 11 nitrogen and oxygen atoms in total. The molecule has 212 valence electrons. The summed E-state index contributed by atoms with van der Waals surface area (Å²) in [5.74, 6) is -1.39. The number of hydrogen-bond acceptors (Lipinski definition) is 7. The molecule has 4 rings (SSSR count). The van der Waals surface area contributed by atoms with Crippen molar-refractivity contribution in [3.8, 4) is 0 Å². The first kappa shape index (κ1) is 28.9. The van der Waals surface area contributed by atoms with Crippen LogP contribution in [0.2, 0.25) is 0 Å². The van der Waals surface area contributed by atoms with Gasteiger partial charge in [-0.25, -0.2) is 4.79 Å². The van der Waals surface area contributed by atoms with Gasteiger partial charge in [0.15, 0.2) is 0 Å². The molecule has 0 aromatic heterocycles. The van der Waals surface area contributed by atoms with Crippen LogP contribution in [0.3, 0.4) is 0 Å². The second-order valence-electron chi connectivity index (χ2n) is 10.6. The molecule has 0 aliphatic carbocycles. The van der Waals surface area contributed by atoms with Crippen molar-refractivity contribution in [2.75, 3.05) is 5.32 Å². The highest BCUT2D eigenvalue weighted by Gasteiger charge is 2.36. The predicted octanol–water partition coefficient (Wildman–Crippen LogP) is 5.11. The molecule has 3 aromatic carbocycles. The van der Waals surface area contributed by atoms with Gasteiger partial charge in [0.1, 0.15) is 11.5 Å². The lowest BCUT2D eigenvalue weighted by atomic mass is 9.90. The van der Waals surface area contributed by atoms with E-state index in [1.807, 2.05) is 12.1 Å².